The molecule has 0 bridgehead atoms. The van der Waals surface area contributed by atoms with E-state index in [-0.39, 0.29) is 0 Å². The molecule has 1 heterocycles. The molecular formula is C9H20N2O. The van der Waals surface area contributed by atoms with Crippen LogP contribution in [0, 0.1) is 5.92 Å². The standard InChI is InChI=1S/C9H20N2O/c1-10-6-3-4-9(8-10)5-7-11(2)12/h9,12H,3-8H2,1-2H3. The molecule has 0 aromatic carbocycles. The van der Waals surface area contributed by atoms with E-state index in [1.54, 1.807) is 7.05 Å². The van der Waals surface area contributed by atoms with Gasteiger partial charge in [-0.15, -0.1) is 0 Å². The third kappa shape index (κ3) is 3.52. The van der Waals surface area contributed by atoms with Gasteiger partial charge < -0.3 is 10.1 Å². The number of rotatable bonds is 3. The fourth-order valence-electron chi connectivity index (χ4n) is 1.88. The summed E-state index contributed by atoms with van der Waals surface area (Å²) in [4.78, 5) is 2.38. The molecule has 1 aliphatic rings. The molecule has 0 amide bonds. The van der Waals surface area contributed by atoms with Crippen LogP contribution < -0.4 is 0 Å². The van der Waals surface area contributed by atoms with Crippen LogP contribution in [-0.4, -0.2) is 48.9 Å². The first kappa shape index (κ1) is 9.96. The maximum atomic E-state index is 8.97. The van der Waals surface area contributed by atoms with E-state index in [0.717, 1.165) is 18.9 Å². The number of likely N-dealkylation sites (tertiary alicyclic amines) is 1. The summed E-state index contributed by atoms with van der Waals surface area (Å²) in [5.41, 5.74) is 0. The summed E-state index contributed by atoms with van der Waals surface area (Å²) in [7, 11) is 3.89. The Morgan fingerprint density at radius 2 is 2.33 bits per heavy atom. The highest BCUT2D eigenvalue weighted by Crippen LogP contribution is 2.18. The van der Waals surface area contributed by atoms with E-state index in [1.807, 2.05) is 0 Å². The Balaban J connectivity index is 2.14. The van der Waals surface area contributed by atoms with E-state index in [4.69, 9.17) is 5.21 Å². The highest BCUT2D eigenvalue weighted by Gasteiger charge is 2.16. The van der Waals surface area contributed by atoms with Crippen LogP contribution in [-0.2, 0) is 0 Å². The highest BCUT2D eigenvalue weighted by atomic mass is 16.5. The van der Waals surface area contributed by atoms with Crippen molar-refractivity contribution in [1.29, 1.82) is 0 Å². The summed E-state index contributed by atoms with van der Waals surface area (Å²) in [5.74, 6) is 0.790. The molecule has 72 valence electrons. The molecule has 0 aromatic heterocycles. The molecule has 1 fully saturated rings. The van der Waals surface area contributed by atoms with Crippen molar-refractivity contribution in [3.05, 3.63) is 0 Å². The summed E-state index contributed by atoms with van der Waals surface area (Å²) in [6.45, 7) is 3.25. The lowest BCUT2D eigenvalue weighted by Gasteiger charge is -2.30. The first-order chi connectivity index (χ1) is 5.68. The fraction of sp³-hybridized carbons (Fsp3) is 1.00. The lowest BCUT2D eigenvalue weighted by atomic mass is 9.95. The maximum Gasteiger partial charge on any atom is 0.0238 e. The quantitative estimate of drug-likeness (QED) is 0.644. The third-order valence-electron chi connectivity index (χ3n) is 2.58. The summed E-state index contributed by atoms with van der Waals surface area (Å²) >= 11 is 0. The van der Waals surface area contributed by atoms with Crippen LogP contribution in [0.15, 0.2) is 0 Å². The Bertz CT molecular complexity index is 128. The van der Waals surface area contributed by atoms with E-state index in [2.05, 4.69) is 11.9 Å². The summed E-state index contributed by atoms with van der Waals surface area (Å²) < 4.78 is 0. The Hall–Kier alpha value is -0.120. The molecule has 0 saturated carbocycles. The van der Waals surface area contributed by atoms with Gasteiger partial charge in [-0.25, -0.2) is 0 Å². The van der Waals surface area contributed by atoms with Crippen LogP contribution in [0.2, 0.25) is 0 Å². The van der Waals surface area contributed by atoms with E-state index in [0.29, 0.717) is 0 Å². The maximum absolute atomic E-state index is 8.97. The van der Waals surface area contributed by atoms with Crippen molar-refractivity contribution >= 4 is 0 Å². The van der Waals surface area contributed by atoms with E-state index < -0.39 is 0 Å². The third-order valence-corrected chi connectivity index (χ3v) is 2.58. The Labute approximate surface area is 74.9 Å². The second-order valence-electron chi connectivity index (χ2n) is 3.94. The Morgan fingerprint density at radius 3 is 2.92 bits per heavy atom. The van der Waals surface area contributed by atoms with Gasteiger partial charge in [0, 0.05) is 20.1 Å². The first-order valence-electron chi connectivity index (χ1n) is 4.77. The number of hydroxylamine groups is 2. The van der Waals surface area contributed by atoms with Gasteiger partial charge in [-0.1, -0.05) is 0 Å². The van der Waals surface area contributed by atoms with Crippen LogP contribution in [0.4, 0.5) is 0 Å². The van der Waals surface area contributed by atoms with Crippen molar-refractivity contribution in [2.45, 2.75) is 19.3 Å². The van der Waals surface area contributed by atoms with Crippen molar-refractivity contribution in [2.24, 2.45) is 5.92 Å². The van der Waals surface area contributed by atoms with Gasteiger partial charge in [0.25, 0.3) is 0 Å². The monoisotopic (exact) mass is 172 g/mol. The lowest BCUT2D eigenvalue weighted by Crippen LogP contribution is -2.33. The van der Waals surface area contributed by atoms with Crippen LogP contribution in [0.25, 0.3) is 0 Å². The average Bonchev–Trinajstić information content (AvgIpc) is 2.01. The number of hydrogen-bond acceptors (Lipinski definition) is 3. The van der Waals surface area contributed by atoms with Crippen molar-refractivity contribution in [1.82, 2.24) is 9.96 Å². The van der Waals surface area contributed by atoms with Gasteiger partial charge >= 0.3 is 0 Å². The Morgan fingerprint density at radius 1 is 1.58 bits per heavy atom. The molecule has 1 aliphatic heterocycles. The predicted octanol–water partition coefficient (Wildman–Crippen LogP) is 1.04. The first-order valence-corrected chi connectivity index (χ1v) is 4.77. The van der Waals surface area contributed by atoms with Gasteiger partial charge in [0.15, 0.2) is 0 Å². The van der Waals surface area contributed by atoms with Crippen molar-refractivity contribution < 1.29 is 5.21 Å². The van der Waals surface area contributed by atoms with Crippen LogP contribution >= 0.6 is 0 Å². The SMILES string of the molecule is CN(O)CCC1CCCN(C)C1. The van der Waals surface area contributed by atoms with E-state index in [9.17, 15) is 0 Å². The van der Waals surface area contributed by atoms with Crippen molar-refractivity contribution in [3.63, 3.8) is 0 Å². The van der Waals surface area contributed by atoms with E-state index in [1.165, 1.54) is 31.0 Å². The van der Waals surface area contributed by atoms with Gasteiger partial charge in [-0.2, -0.15) is 5.06 Å². The number of nitrogens with zero attached hydrogens (tertiary/aromatic N) is 2. The van der Waals surface area contributed by atoms with Crippen LogP contribution in [0.3, 0.4) is 0 Å². The minimum absolute atomic E-state index is 0.790. The van der Waals surface area contributed by atoms with Crippen molar-refractivity contribution in [3.8, 4) is 0 Å². The summed E-state index contributed by atoms with van der Waals surface area (Å²) in [5, 5.41) is 10.3. The van der Waals surface area contributed by atoms with Crippen LogP contribution in [0.5, 0.6) is 0 Å². The van der Waals surface area contributed by atoms with E-state index >= 15 is 0 Å². The zero-order valence-electron chi connectivity index (χ0n) is 8.16. The van der Waals surface area contributed by atoms with Gasteiger partial charge in [0.2, 0.25) is 0 Å². The van der Waals surface area contributed by atoms with Gasteiger partial charge in [-0.3, -0.25) is 0 Å². The number of hydrogen-bond donors (Lipinski definition) is 1. The smallest absolute Gasteiger partial charge is 0.0238 e. The Kier molecular flexibility index (Phi) is 3.98. The molecule has 1 saturated heterocycles. The van der Waals surface area contributed by atoms with Gasteiger partial charge in [0.1, 0.15) is 0 Å². The normalized spacial score (nSPS) is 26.5. The average molecular weight is 172 g/mol. The molecule has 0 aliphatic carbocycles. The molecule has 1 rings (SSSR count). The largest absolute Gasteiger partial charge is 0.314 e. The molecule has 1 unspecified atom stereocenters. The predicted molar refractivity (Wildman–Crippen MR) is 49.3 cm³/mol. The second kappa shape index (κ2) is 4.80. The van der Waals surface area contributed by atoms with Gasteiger partial charge in [0.05, 0.1) is 0 Å². The zero-order valence-corrected chi connectivity index (χ0v) is 8.16. The molecule has 3 nitrogen and oxygen atoms in total. The minimum atomic E-state index is 0.790. The number of piperidine rings is 1. The topological polar surface area (TPSA) is 26.7 Å². The second-order valence-corrected chi connectivity index (χ2v) is 3.94. The van der Waals surface area contributed by atoms with Gasteiger partial charge in [-0.05, 0) is 38.8 Å². The molecule has 0 spiro atoms. The highest BCUT2D eigenvalue weighted by molar-refractivity contribution is 4.70. The summed E-state index contributed by atoms with van der Waals surface area (Å²) in [6.07, 6.45) is 3.77. The molecule has 0 aromatic rings. The molecular weight excluding hydrogens is 152 g/mol. The molecule has 0 radical (unpaired) electrons. The minimum Gasteiger partial charge on any atom is -0.314 e. The molecule has 3 heteroatoms. The molecule has 1 N–H and O–H groups in total. The molecule has 12 heavy (non-hydrogen) atoms. The molecule has 1 atom stereocenters. The van der Waals surface area contributed by atoms with Crippen LogP contribution in [0.1, 0.15) is 19.3 Å². The van der Waals surface area contributed by atoms with Crippen molar-refractivity contribution in [2.75, 3.05) is 33.7 Å². The lowest BCUT2D eigenvalue weighted by molar-refractivity contribution is -0.0695. The zero-order chi connectivity index (χ0) is 8.97. The fourth-order valence-corrected chi connectivity index (χ4v) is 1.88. The summed E-state index contributed by atoms with van der Waals surface area (Å²) in [6, 6.07) is 0.